The highest BCUT2D eigenvalue weighted by atomic mass is 16.5. The number of piperazine rings is 1. The first-order valence-electron chi connectivity index (χ1n) is 7.93. The van der Waals surface area contributed by atoms with Crippen LogP contribution in [0.4, 0.5) is 0 Å². The van der Waals surface area contributed by atoms with Crippen LogP contribution in [0.3, 0.4) is 0 Å². The van der Waals surface area contributed by atoms with Crippen molar-refractivity contribution in [2.75, 3.05) is 33.3 Å². The van der Waals surface area contributed by atoms with Gasteiger partial charge in [-0.1, -0.05) is 13.3 Å². The molecule has 1 atom stereocenters. The highest BCUT2D eigenvalue weighted by Crippen LogP contribution is 2.33. The van der Waals surface area contributed by atoms with Gasteiger partial charge in [0.15, 0.2) is 0 Å². The van der Waals surface area contributed by atoms with Crippen molar-refractivity contribution >= 4 is 10.9 Å². The second-order valence-corrected chi connectivity index (χ2v) is 5.75. The molecule has 1 aliphatic heterocycles. The van der Waals surface area contributed by atoms with Crippen LogP contribution >= 0.6 is 0 Å². The summed E-state index contributed by atoms with van der Waals surface area (Å²) >= 11 is 0. The molecule has 4 heteroatoms. The Balaban J connectivity index is 1.97. The minimum Gasteiger partial charge on any atom is -0.497 e. The number of hydrogen-bond donors (Lipinski definition) is 2. The lowest BCUT2D eigenvalue weighted by atomic mass is 9.99. The van der Waals surface area contributed by atoms with Gasteiger partial charge in [-0.15, -0.1) is 0 Å². The van der Waals surface area contributed by atoms with Crippen LogP contribution in [0.25, 0.3) is 10.9 Å². The van der Waals surface area contributed by atoms with E-state index in [1.807, 2.05) is 6.07 Å². The third-order valence-electron chi connectivity index (χ3n) is 4.43. The minimum absolute atomic E-state index is 0.498. The molecule has 1 aromatic carbocycles. The number of aromatic amines is 1. The first-order valence-corrected chi connectivity index (χ1v) is 7.93. The standard InChI is InChI=1S/C17H25N3O/c1-3-4-17(20-9-7-18-8-10-20)15-12-19-16-6-5-13(21-2)11-14(15)16/h5-6,11-12,17-19H,3-4,7-10H2,1-2H3/t17-/m0/s1. The number of rotatable bonds is 5. The molecule has 0 radical (unpaired) electrons. The molecule has 0 aliphatic carbocycles. The second kappa shape index (κ2) is 6.50. The Kier molecular flexibility index (Phi) is 4.46. The Bertz CT molecular complexity index is 587. The lowest BCUT2D eigenvalue weighted by Crippen LogP contribution is -2.45. The Morgan fingerprint density at radius 2 is 2.10 bits per heavy atom. The molecule has 2 N–H and O–H groups in total. The fourth-order valence-corrected chi connectivity index (χ4v) is 3.33. The number of hydrogen-bond acceptors (Lipinski definition) is 3. The zero-order valence-electron chi connectivity index (χ0n) is 13.0. The first-order chi connectivity index (χ1) is 10.3. The molecule has 1 saturated heterocycles. The summed E-state index contributed by atoms with van der Waals surface area (Å²) in [5, 5.41) is 4.74. The van der Waals surface area contributed by atoms with Crippen molar-refractivity contribution in [3.8, 4) is 5.75 Å². The molecule has 0 spiro atoms. The van der Waals surface area contributed by atoms with E-state index in [9.17, 15) is 0 Å². The third-order valence-corrected chi connectivity index (χ3v) is 4.43. The van der Waals surface area contributed by atoms with Crippen molar-refractivity contribution in [1.82, 2.24) is 15.2 Å². The number of aromatic nitrogens is 1. The van der Waals surface area contributed by atoms with Crippen molar-refractivity contribution < 1.29 is 4.74 Å². The Hall–Kier alpha value is -1.52. The molecular weight excluding hydrogens is 262 g/mol. The van der Waals surface area contributed by atoms with E-state index in [0.717, 1.165) is 31.9 Å². The lowest BCUT2D eigenvalue weighted by Gasteiger charge is -2.35. The first kappa shape index (κ1) is 14.4. The quantitative estimate of drug-likeness (QED) is 0.888. The molecule has 3 rings (SSSR count). The molecule has 114 valence electrons. The van der Waals surface area contributed by atoms with Gasteiger partial charge in [0.25, 0.3) is 0 Å². The monoisotopic (exact) mass is 287 g/mol. The molecule has 2 aromatic rings. The van der Waals surface area contributed by atoms with Crippen LogP contribution < -0.4 is 10.1 Å². The average Bonchev–Trinajstić information content (AvgIpc) is 2.96. The van der Waals surface area contributed by atoms with Gasteiger partial charge in [-0.3, -0.25) is 4.90 Å². The fourth-order valence-electron chi connectivity index (χ4n) is 3.33. The molecule has 1 aliphatic rings. The second-order valence-electron chi connectivity index (χ2n) is 5.75. The summed E-state index contributed by atoms with van der Waals surface area (Å²) in [5.41, 5.74) is 2.61. The maximum Gasteiger partial charge on any atom is 0.119 e. The number of methoxy groups -OCH3 is 1. The maximum atomic E-state index is 5.39. The summed E-state index contributed by atoms with van der Waals surface area (Å²) in [6, 6.07) is 6.78. The van der Waals surface area contributed by atoms with E-state index in [1.165, 1.54) is 29.3 Å². The third kappa shape index (κ3) is 2.92. The number of fused-ring (bicyclic) bond motifs is 1. The number of nitrogens with zero attached hydrogens (tertiary/aromatic N) is 1. The highest BCUT2D eigenvalue weighted by Gasteiger charge is 2.23. The topological polar surface area (TPSA) is 40.3 Å². The van der Waals surface area contributed by atoms with Gasteiger partial charge in [-0.05, 0) is 30.2 Å². The van der Waals surface area contributed by atoms with Crippen molar-refractivity contribution in [2.24, 2.45) is 0 Å². The van der Waals surface area contributed by atoms with Gasteiger partial charge < -0.3 is 15.0 Å². The van der Waals surface area contributed by atoms with E-state index >= 15 is 0 Å². The van der Waals surface area contributed by atoms with Gasteiger partial charge in [0.2, 0.25) is 0 Å². The van der Waals surface area contributed by atoms with Gasteiger partial charge in [0.05, 0.1) is 7.11 Å². The molecule has 21 heavy (non-hydrogen) atoms. The predicted octanol–water partition coefficient (Wildman–Crippen LogP) is 2.92. The molecule has 4 nitrogen and oxygen atoms in total. The van der Waals surface area contributed by atoms with Gasteiger partial charge in [-0.25, -0.2) is 0 Å². The van der Waals surface area contributed by atoms with Crippen molar-refractivity contribution in [3.05, 3.63) is 30.0 Å². The largest absolute Gasteiger partial charge is 0.497 e. The van der Waals surface area contributed by atoms with E-state index in [1.54, 1.807) is 7.11 Å². The molecule has 0 amide bonds. The van der Waals surface area contributed by atoms with Crippen LogP contribution in [0.2, 0.25) is 0 Å². The normalized spacial score (nSPS) is 18.0. The summed E-state index contributed by atoms with van der Waals surface area (Å²) < 4.78 is 5.39. The van der Waals surface area contributed by atoms with E-state index in [4.69, 9.17) is 4.74 Å². The van der Waals surface area contributed by atoms with Crippen LogP contribution in [0.15, 0.2) is 24.4 Å². The lowest BCUT2D eigenvalue weighted by molar-refractivity contribution is 0.165. The average molecular weight is 287 g/mol. The van der Waals surface area contributed by atoms with Gasteiger partial charge in [0.1, 0.15) is 5.75 Å². The van der Waals surface area contributed by atoms with E-state index in [0.29, 0.717) is 6.04 Å². The van der Waals surface area contributed by atoms with E-state index in [2.05, 4.69) is 40.5 Å². The Labute approximate surface area is 126 Å². The SMILES string of the molecule is CCC[C@@H](c1c[nH]c2ccc(OC)cc12)N1CCNCC1. The molecule has 1 aromatic heterocycles. The van der Waals surface area contributed by atoms with Gasteiger partial charge in [-0.2, -0.15) is 0 Å². The summed E-state index contributed by atoms with van der Waals surface area (Å²) in [5.74, 6) is 0.930. The maximum absolute atomic E-state index is 5.39. The zero-order chi connectivity index (χ0) is 14.7. The summed E-state index contributed by atoms with van der Waals surface area (Å²) in [6.07, 6.45) is 4.59. The molecular formula is C17H25N3O. The number of benzene rings is 1. The summed E-state index contributed by atoms with van der Waals surface area (Å²) in [4.78, 5) is 6.03. The van der Waals surface area contributed by atoms with Crippen molar-refractivity contribution in [3.63, 3.8) is 0 Å². The number of ether oxygens (including phenoxy) is 1. The van der Waals surface area contributed by atoms with Crippen LogP contribution in [-0.2, 0) is 0 Å². The Morgan fingerprint density at radius 3 is 2.81 bits per heavy atom. The van der Waals surface area contributed by atoms with Crippen LogP contribution in [-0.4, -0.2) is 43.2 Å². The number of H-pyrrole nitrogens is 1. The van der Waals surface area contributed by atoms with Crippen molar-refractivity contribution in [2.45, 2.75) is 25.8 Å². The Morgan fingerprint density at radius 1 is 1.29 bits per heavy atom. The highest BCUT2D eigenvalue weighted by molar-refractivity contribution is 5.85. The number of nitrogens with one attached hydrogen (secondary N) is 2. The predicted molar refractivity (Wildman–Crippen MR) is 86.9 cm³/mol. The minimum atomic E-state index is 0.498. The van der Waals surface area contributed by atoms with Gasteiger partial charge in [0, 0.05) is 49.3 Å². The molecule has 0 unspecified atom stereocenters. The molecule has 2 heterocycles. The smallest absolute Gasteiger partial charge is 0.119 e. The molecule has 1 fully saturated rings. The summed E-state index contributed by atoms with van der Waals surface area (Å²) in [7, 11) is 1.73. The van der Waals surface area contributed by atoms with E-state index in [-0.39, 0.29) is 0 Å². The zero-order valence-corrected chi connectivity index (χ0v) is 13.0. The summed E-state index contributed by atoms with van der Waals surface area (Å²) in [6.45, 7) is 6.70. The van der Waals surface area contributed by atoms with Crippen LogP contribution in [0, 0.1) is 0 Å². The van der Waals surface area contributed by atoms with Crippen molar-refractivity contribution in [1.29, 1.82) is 0 Å². The van der Waals surface area contributed by atoms with E-state index < -0.39 is 0 Å². The molecule has 0 bridgehead atoms. The van der Waals surface area contributed by atoms with Gasteiger partial charge >= 0.3 is 0 Å². The van der Waals surface area contributed by atoms with Crippen LogP contribution in [0.5, 0.6) is 5.75 Å². The van der Waals surface area contributed by atoms with Crippen LogP contribution in [0.1, 0.15) is 31.4 Å². The molecule has 0 saturated carbocycles. The fraction of sp³-hybridized carbons (Fsp3) is 0.529.